The van der Waals surface area contributed by atoms with Crippen molar-refractivity contribution in [3.8, 4) is 5.75 Å². The van der Waals surface area contributed by atoms with Crippen molar-refractivity contribution in [1.29, 1.82) is 0 Å². The standard InChI is InChI=1S/C24H27FN2O3/c1-17-6-7-19(15-22(17)25)24(29)27-14-4-5-20(27)16-30-21-10-8-18(9-11-21)23(28)26-12-2-3-13-26/h6-11,15,20H,2-5,12-14,16H2,1H3/t20-/m1/s1. The summed E-state index contributed by atoms with van der Waals surface area (Å²) in [5.74, 6) is 0.216. The summed E-state index contributed by atoms with van der Waals surface area (Å²) in [5, 5.41) is 0. The molecule has 0 aromatic heterocycles. The van der Waals surface area contributed by atoms with Gasteiger partial charge in [-0.3, -0.25) is 9.59 Å². The Labute approximate surface area is 176 Å². The highest BCUT2D eigenvalue weighted by molar-refractivity contribution is 5.95. The van der Waals surface area contributed by atoms with Gasteiger partial charge in [0.15, 0.2) is 0 Å². The zero-order valence-corrected chi connectivity index (χ0v) is 17.3. The van der Waals surface area contributed by atoms with E-state index in [0.717, 1.165) is 38.8 Å². The van der Waals surface area contributed by atoms with E-state index in [-0.39, 0.29) is 23.7 Å². The minimum Gasteiger partial charge on any atom is -0.491 e. The number of hydrogen-bond acceptors (Lipinski definition) is 3. The molecule has 2 aliphatic heterocycles. The Bertz CT molecular complexity index is 923. The molecule has 0 radical (unpaired) electrons. The van der Waals surface area contributed by atoms with Crippen LogP contribution in [0.2, 0.25) is 0 Å². The summed E-state index contributed by atoms with van der Waals surface area (Å²) in [6, 6.07) is 11.8. The number of hydrogen-bond donors (Lipinski definition) is 0. The van der Waals surface area contributed by atoms with Gasteiger partial charge < -0.3 is 14.5 Å². The minimum absolute atomic E-state index is 0.0484. The van der Waals surface area contributed by atoms with Crippen molar-refractivity contribution in [3.63, 3.8) is 0 Å². The van der Waals surface area contributed by atoms with Crippen molar-refractivity contribution in [2.45, 2.75) is 38.6 Å². The maximum absolute atomic E-state index is 13.9. The van der Waals surface area contributed by atoms with E-state index in [2.05, 4.69) is 0 Å². The number of carbonyl (C=O) groups excluding carboxylic acids is 2. The van der Waals surface area contributed by atoms with Crippen molar-refractivity contribution in [2.75, 3.05) is 26.2 Å². The molecule has 0 saturated carbocycles. The van der Waals surface area contributed by atoms with Crippen LogP contribution in [-0.2, 0) is 0 Å². The van der Waals surface area contributed by atoms with Gasteiger partial charge in [0.05, 0.1) is 6.04 Å². The summed E-state index contributed by atoms with van der Waals surface area (Å²) in [7, 11) is 0. The molecule has 0 N–H and O–H groups in total. The SMILES string of the molecule is Cc1ccc(C(=O)N2CCC[C@@H]2COc2ccc(C(=O)N3CCCC3)cc2)cc1F. The first-order valence-electron chi connectivity index (χ1n) is 10.6. The van der Waals surface area contributed by atoms with Gasteiger partial charge in [-0.1, -0.05) is 6.07 Å². The fraction of sp³-hybridized carbons (Fsp3) is 0.417. The number of amides is 2. The van der Waals surface area contributed by atoms with Gasteiger partial charge in [-0.2, -0.15) is 0 Å². The Morgan fingerprint density at radius 1 is 0.967 bits per heavy atom. The van der Waals surface area contributed by atoms with E-state index in [9.17, 15) is 14.0 Å². The average molecular weight is 410 g/mol. The molecule has 0 spiro atoms. The lowest BCUT2D eigenvalue weighted by molar-refractivity contribution is 0.0690. The fourth-order valence-corrected chi connectivity index (χ4v) is 4.16. The Kier molecular flexibility index (Phi) is 6.02. The molecule has 30 heavy (non-hydrogen) atoms. The summed E-state index contributed by atoms with van der Waals surface area (Å²) in [4.78, 5) is 28.9. The monoisotopic (exact) mass is 410 g/mol. The fourth-order valence-electron chi connectivity index (χ4n) is 4.16. The van der Waals surface area contributed by atoms with Crippen LogP contribution < -0.4 is 4.74 Å². The molecule has 158 valence electrons. The van der Waals surface area contributed by atoms with Crippen LogP contribution in [0.4, 0.5) is 4.39 Å². The number of likely N-dealkylation sites (tertiary alicyclic amines) is 2. The van der Waals surface area contributed by atoms with Gasteiger partial charge in [0.1, 0.15) is 18.2 Å². The predicted octanol–water partition coefficient (Wildman–Crippen LogP) is 4.05. The maximum Gasteiger partial charge on any atom is 0.254 e. The molecular weight excluding hydrogens is 383 g/mol. The van der Waals surface area contributed by atoms with Crippen LogP contribution >= 0.6 is 0 Å². The molecular formula is C24H27FN2O3. The number of aryl methyl sites for hydroxylation is 1. The third-order valence-electron chi connectivity index (χ3n) is 5.99. The van der Waals surface area contributed by atoms with E-state index < -0.39 is 0 Å². The molecule has 0 aliphatic carbocycles. The van der Waals surface area contributed by atoms with Gasteiger partial charge in [-0.15, -0.1) is 0 Å². The highest BCUT2D eigenvalue weighted by Gasteiger charge is 2.30. The Balaban J connectivity index is 1.36. The van der Waals surface area contributed by atoms with E-state index in [1.54, 1.807) is 48.2 Å². The van der Waals surface area contributed by atoms with Crippen molar-refractivity contribution in [2.24, 2.45) is 0 Å². The first kappa shape index (κ1) is 20.4. The van der Waals surface area contributed by atoms with Crippen LogP contribution in [0.25, 0.3) is 0 Å². The molecule has 6 heteroatoms. The number of rotatable bonds is 5. The van der Waals surface area contributed by atoms with Gasteiger partial charge in [0.25, 0.3) is 11.8 Å². The summed E-state index contributed by atoms with van der Waals surface area (Å²) >= 11 is 0. The number of benzene rings is 2. The second-order valence-corrected chi connectivity index (χ2v) is 8.09. The Hall–Kier alpha value is -2.89. The zero-order chi connectivity index (χ0) is 21.1. The molecule has 4 rings (SSSR count). The molecule has 1 atom stereocenters. The van der Waals surface area contributed by atoms with Crippen molar-refractivity contribution in [3.05, 3.63) is 65.0 Å². The molecule has 2 aromatic carbocycles. The second kappa shape index (κ2) is 8.86. The smallest absolute Gasteiger partial charge is 0.254 e. The molecule has 2 aliphatic rings. The molecule has 2 fully saturated rings. The maximum atomic E-state index is 13.9. The molecule has 2 amide bonds. The molecule has 2 aromatic rings. The quantitative estimate of drug-likeness (QED) is 0.747. The van der Waals surface area contributed by atoms with Crippen LogP contribution in [0.1, 0.15) is 52.0 Å². The van der Waals surface area contributed by atoms with Gasteiger partial charge in [-0.05, 0) is 74.6 Å². The molecule has 2 heterocycles. The van der Waals surface area contributed by atoms with Crippen LogP contribution in [0, 0.1) is 12.7 Å². The number of carbonyl (C=O) groups is 2. The molecule has 0 unspecified atom stereocenters. The first-order valence-corrected chi connectivity index (χ1v) is 10.6. The van der Waals surface area contributed by atoms with Crippen LogP contribution in [-0.4, -0.2) is 53.9 Å². The number of halogens is 1. The van der Waals surface area contributed by atoms with Crippen molar-refractivity contribution >= 4 is 11.8 Å². The van der Waals surface area contributed by atoms with Crippen LogP contribution in [0.5, 0.6) is 5.75 Å². The van der Waals surface area contributed by atoms with Crippen molar-refractivity contribution in [1.82, 2.24) is 9.80 Å². The predicted molar refractivity (Wildman–Crippen MR) is 112 cm³/mol. The average Bonchev–Trinajstić information content (AvgIpc) is 3.46. The summed E-state index contributed by atoms with van der Waals surface area (Å²) in [6.45, 7) is 4.35. The zero-order valence-electron chi connectivity index (χ0n) is 17.3. The van der Waals surface area contributed by atoms with Crippen LogP contribution in [0.3, 0.4) is 0 Å². The third-order valence-corrected chi connectivity index (χ3v) is 5.99. The van der Waals surface area contributed by atoms with E-state index in [0.29, 0.717) is 35.6 Å². The lowest BCUT2D eigenvalue weighted by Crippen LogP contribution is -2.39. The van der Waals surface area contributed by atoms with E-state index in [1.165, 1.54) is 6.07 Å². The van der Waals surface area contributed by atoms with Gasteiger partial charge in [0, 0.05) is 30.8 Å². The van der Waals surface area contributed by atoms with E-state index in [1.807, 2.05) is 4.90 Å². The third kappa shape index (κ3) is 4.32. The highest BCUT2D eigenvalue weighted by atomic mass is 19.1. The largest absolute Gasteiger partial charge is 0.491 e. The highest BCUT2D eigenvalue weighted by Crippen LogP contribution is 2.23. The van der Waals surface area contributed by atoms with Gasteiger partial charge in [-0.25, -0.2) is 4.39 Å². The second-order valence-electron chi connectivity index (χ2n) is 8.09. The Morgan fingerprint density at radius 3 is 2.37 bits per heavy atom. The van der Waals surface area contributed by atoms with E-state index >= 15 is 0 Å². The van der Waals surface area contributed by atoms with Crippen LogP contribution in [0.15, 0.2) is 42.5 Å². The number of ether oxygens (including phenoxy) is 1. The molecule has 5 nitrogen and oxygen atoms in total. The topological polar surface area (TPSA) is 49.9 Å². The summed E-state index contributed by atoms with van der Waals surface area (Å²) in [6.07, 6.45) is 3.89. The summed E-state index contributed by atoms with van der Waals surface area (Å²) in [5.41, 5.74) is 1.57. The molecule has 0 bridgehead atoms. The van der Waals surface area contributed by atoms with Crippen molar-refractivity contribution < 1.29 is 18.7 Å². The minimum atomic E-state index is -0.364. The lowest BCUT2D eigenvalue weighted by Gasteiger charge is -2.25. The normalized spacial score (nSPS) is 18.7. The van der Waals surface area contributed by atoms with E-state index in [4.69, 9.17) is 4.74 Å². The lowest BCUT2D eigenvalue weighted by atomic mass is 10.1. The molecule has 2 saturated heterocycles. The Morgan fingerprint density at radius 2 is 1.67 bits per heavy atom. The number of nitrogens with zero attached hydrogens (tertiary/aromatic N) is 2. The van der Waals surface area contributed by atoms with Gasteiger partial charge >= 0.3 is 0 Å². The summed E-state index contributed by atoms with van der Waals surface area (Å²) < 4.78 is 19.8. The first-order chi connectivity index (χ1) is 14.5. The van der Waals surface area contributed by atoms with Gasteiger partial charge in [0.2, 0.25) is 0 Å².